The summed E-state index contributed by atoms with van der Waals surface area (Å²) < 4.78 is 1.23. The fourth-order valence-electron chi connectivity index (χ4n) is 0.565. The van der Waals surface area contributed by atoms with Crippen molar-refractivity contribution in [1.29, 1.82) is 0 Å². The summed E-state index contributed by atoms with van der Waals surface area (Å²) >= 11 is 2.24. The summed E-state index contributed by atoms with van der Waals surface area (Å²) in [5.41, 5.74) is 5.53. The van der Waals surface area contributed by atoms with Crippen LogP contribution in [0.25, 0.3) is 0 Å². The van der Waals surface area contributed by atoms with E-state index in [0.29, 0.717) is 0 Å². The largest absolute Gasteiger partial charge is 0.323 e. The van der Waals surface area contributed by atoms with Crippen molar-refractivity contribution >= 4 is 28.8 Å². The van der Waals surface area contributed by atoms with Crippen molar-refractivity contribution < 1.29 is 0 Å². The molecule has 0 radical (unpaired) electrons. The second-order valence-corrected chi connectivity index (χ2v) is 3.13. The van der Waals surface area contributed by atoms with Gasteiger partial charge in [0.25, 0.3) is 0 Å². The predicted octanol–water partition coefficient (Wildman–Crippen LogP) is 1.06. The second kappa shape index (κ2) is 2.59. The Hall–Kier alpha value is 0.100. The van der Waals surface area contributed by atoms with Crippen molar-refractivity contribution in [2.24, 2.45) is 10.7 Å². The minimum atomic E-state index is 0.145. The third kappa shape index (κ3) is 1.56. The Morgan fingerprint density at radius 3 is 3.00 bits per heavy atom. The van der Waals surface area contributed by atoms with Crippen LogP contribution in [0, 0.1) is 0 Å². The van der Waals surface area contributed by atoms with Gasteiger partial charge in [-0.3, -0.25) is 4.99 Å². The number of nitrogens with two attached hydrogens (primary N) is 1. The van der Waals surface area contributed by atoms with E-state index in [-0.39, 0.29) is 6.04 Å². The molecule has 1 rings (SSSR count). The van der Waals surface area contributed by atoms with E-state index in [1.54, 1.807) is 6.21 Å². The van der Waals surface area contributed by atoms with Gasteiger partial charge in [-0.1, -0.05) is 0 Å². The molecule has 0 saturated carbocycles. The maximum atomic E-state index is 5.53. The minimum Gasteiger partial charge on any atom is -0.323 e. The van der Waals surface area contributed by atoms with E-state index in [0.717, 1.165) is 6.42 Å². The average Bonchev–Trinajstić information content (AvgIpc) is 1.64. The monoisotopic (exact) mass is 222 g/mol. The Bertz CT molecular complexity index is 139. The molecule has 1 aliphatic rings. The van der Waals surface area contributed by atoms with Gasteiger partial charge in [-0.25, -0.2) is 0 Å². The lowest BCUT2D eigenvalue weighted by Gasteiger charge is -2.06. The maximum absolute atomic E-state index is 5.53. The Kier molecular flexibility index (Phi) is 2.01. The predicted molar refractivity (Wildman–Crippen MR) is 43.2 cm³/mol. The zero-order chi connectivity index (χ0) is 5.98. The van der Waals surface area contributed by atoms with Gasteiger partial charge in [0.2, 0.25) is 0 Å². The van der Waals surface area contributed by atoms with Crippen LogP contribution in [0.3, 0.4) is 0 Å². The molecule has 3 heteroatoms. The van der Waals surface area contributed by atoms with Crippen LogP contribution in [0.15, 0.2) is 14.8 Å². The number of nitrogens with zero attached hydrogens (tertiary/aromatic N) is 1. The average molecular weight is 222 g/mol. The lowest BCUT2D eigenvalue weighted by Crippen LogP contribution is -2.22. The molecule has 0 saturated heterocycles. The Morgan fingerprint density at radius 2 is 2.62 bits per heavy atom. The molecule has 2 N–H and O–H groups in total. The van der Waals surface area contributed by atoms with Crippen LogP contribution in [-0.4, -0.2) is 12.3 Å². The van der Waals surface area contributed by atoms with E-state index in [2.05, 4.69) is 27.6 Å². The molecule has 1 heterocycles. The van der Waals surface area contributed by atoms with Gasteiger partial charge in [-0.05, 0) is 29.0 Å². The van der Waals surface area contributed by atoms with Crippen LogP contribution in [-0.2, 0) is 0 Å². The van der Waals surface area contributed by atoms with E-state index in [1.165, 1.54) is 3.58 Å². The van der Waals surface area contributed by atoms with E-state index in [1.807, 2.05) is 6.20 Å². The van der Waals surface area contributed by atoms with E-state index >= 15 is 0 Å². The molecular weight excluding hydrogens is 215 g/mol. The second-order valence-electron chi connectivity index (χ2n) is 1.74. The fourth-order valence-corrected chi connectivity index (χ4v) is 1.23. The van der Waals surface area contributed by atoms with Gasteiger partial charge in [0.1, 0.15) is 0 Å². The van der Waals surface area contributed by atoms with Crippen LogP contribution >= 0.6 is 22.6 Å². The number of aliphatic imine (C=N–C) groups is 1. The fraction of sp³-hybridized carbons (Fsp3) is 0.400. The van der Waals surface area contributed by atoms with Gasteiger partial charge in [-0.2, -0.15) is 0 Å². The summed E-state index contributed by atoms with van der Waals surface area (Å²) in [7, 11) is 0. The first kappa shape index (κ1) is 6.22. The molecule has 0 bridgehead atoms. The molecule has 8 heavy (non-hydrogen) atoms. The number of halogens is 1. The number of hydrogen-bond acceptors (Lipinski definition) is 2. The number of hydrogen-bond donors (Lipinski definition) is 1. The van der Waals surface area contributed by atoms with Gasteiger partial charge >= 0.3 is 0 Å². The standard InChI is InChI=1S/C5H7IN2/c6-4-1-5(7)3-8-2-4/h2-3,5H,1,7H2. The first-order valence-corrected chi connectivity index (χ1v) is 3.50. The molecule has 44 valence electrons. The summed E-state index contributed by atoms with van der Waals surface area (Å²) in [6.07, 6.45) is 4.55. The molecule has 0 aliphatic carbocycles. The first-order chi connectivity index (χ1) is 3.79. The van der Waals surface area contributed by atoms with Crippen LogP contribution in [0.4, 0.5) is 0 Å². The molecule has 0 amide bonds. The van der Waals surface area contributed by atoms with E-state index in [9.17, 15) is 0 Å². The van der Waals surface area contributed by atoms with Crippen LogP contribution in [0.1, 0.15) is 6.42 Å². The molecule has 0 aromatic heterocycles. The van der Waals surface area contributed by atoms with Crippen molar-refractivity contribution in [1.82, 2.24) is 0 Å². The topological polar surface area (TPSA) is 38.4 Å². The normalized spacial score (nSPS) is 27.8. The summed E-state index contributed by atoms with van der Waals surface area (Å²) in [5.74, 6) is 0. The van der Waals surface area contributed by atoms with Gasteiger partial charge in [0, 0.05) is 22.0 Å². The Labute approximate surface area is 62.0 Å². The minimum absolute atomic E-state index is 0.145. The zero-order valence-electron chi connectivity index (χ0n) is 4.34. The zero-order valence-corrected chi connectivity index (χ0v) is 6.50. The molecule has 1 unspecified atom stereocenters. The smallest absolute Gasteiger partial charge is 0.0445 e. The van der Waals surface area contributed by atoms with Crippen LogP contribution in [0.5, 0.6) is 0 Å². The van der Waals surface area contributed by atoms with Crippen molar-refractivity contribution in [3.05, 3.63) is 9.78 Å². The highest BCUT2D eigenvalue weighted by atomic mass is 127. The third-order valence-electron chi connectivity index (χ3n) is 0.923. The molecule has 0 aromatic rings. The van der Waals surface area contributed by atoms with Crippen molar-refractivity contribution in [2.45, 2.75) is 12.5 Å². The molecule has 0 spiro atoms. The lowest BCUT2D eigenvalue weighted by atomic mass is 10.2. The molecule has 1 aliphatic heterocycles. The molecule has 2 nitrogen and oxygen atoms in total. The lowest BCUT2D eigenvalue weighted by molar-refractivity contribution is 0.874. The van der Waals surface area contributed by atoms with Crippen molar-refractivity contribution in [3.63, 3.8) is 0 Å². The Balaban J connectivity index is 2.59. The summed E-state index contributed by atoms with van der Waals surface area (Å²) in [6, 6.07) is 0.145. The number of rotatable bonds is 0. The third-order valence-corrected chi connectivity index (χ3v) is 1.64. The highest BCUT2D eigenvalue weighted by Crippen LogP contribution is 2.14. The van der Waals surface area contributed by atoms with Crippen LogP contribution in [0.2, 0.25) is 0 Å². The van der Waals surface area contributed by atoms with E-state index in [4.69, 9.17) is 5.73 Å². The summed E-state index contributed by atoms with van der Waals surface area (Å²) in [6.45, 7) is 0. The van der Waals surface area contributed by atoms with Gasteiger partial charge < -0.3 is 5.73 Å². The van der Waals surface area contributed by atoms with Crippen LogP contribution < -0.4 is 5.73 Å². The molecule has 0 fully saturated rings. The first-order valence-electron chi connectivity index (χ1n) is 2.42. The van der Waals surface area contributed by atoms with Crippen molar-refractivity contribution in [3.8, 4) is 0 Å². The Morgan fingerprint density at radius 1 is 1.88 bits per heavy atom. The SMILES string of the molecule is NC1C=NC=C(I)C1. The molecular formula is C5H7IN2. The van der Waals surface area contributed by atoms with Gasteiger partial charge in [0.05, 0.1) is 0 Å². The molecule has 0 aromatic carbocycles. The highest BCUT2D eigenvalue weighted by Gasteiger charge is 2.03. The molecule has 1 atom stereocenters. The van der Waals surface area contributed by atoms with Gasteiger partial charge in [0.15, 0.2) is 0 Å². The summed E-state index contributed by atoms with van der Waals surface area (Å²) in [5, 5.41) is 0. The van der Waals surface area contributed by atoms with Gasteiger partial charge in [-0.15, -0.1) is 0 Å². The maximum Gasteiger partial charge on any atom is 0.0445 e. The van der Waals surface area contributed by atoms with E-state index < -0.39 is 0 Å². The van der Waals surface area contributed by atoms with Crippen molar-refractivity contribution in [2.75, 3.05) is 0 Å². The highest BCUT2D eigenvalue weighted by molar-refractivity contribution is 14.1. The quantitative estimate of drug-likeness (QED) is 0.611. The summed E-state index contributed by atoms with van der Waals surface area (Å²) in [4.78, 5) is 3.92.